The summed E-state index contributed by atoms with van der Waals surface area (Å²) in [5.41, 5.74) is 2.17. The van der Waals surface area contributed by atoms with Crippen molar-refractivity contribution in [1.82, 2.24) is 0 Å². The van der Waals surface area contributed by atoms with Crippen molar-refractivity contribution in [1.29, 1.82) is 0 Å². The van der Waals surface area contributed by atoms with Gasteiger partial charge in [0, 0.05) is 4.47 Å². The van der Waals surface area contributed by atoms with Crippen molar-refractivity contribution >= 4 is 27.5 Å². The fourth-order valence-electron chi connectivity index (χ4n) is 1.53. The molecule has 0 radical (unpaired) electrons. The molecule has 0 aliphatic rings. The monoisotopic (exact) mass is 298 g/mol. The quantitative estimate of drug-likeness (QED) is 0.745. The van der Waals surface area contributed by atoms with E-state index in [4.69, 9.17) is 11.6 Å². The summed E-state index contributed by atoms with van der Waals surface area (Å²) in [7, 11) is 0. The van der Waals surface area contributed by atoms with Crippen molar-refractivity contribution in [2.45, 2.75) is 6.42 Å². The molecule has 16 heavy (non-hydrogen) atoms. The molecule has 0 nitrogen and oxygen atoms in total. The van der Waals surface area contributed by atoms with Crippen LogP contribution in [0.25, 0.3) is 0 Å². The van der Waals surface area contributed by atoms with Crippen LogP contribution in [0.1, 0.15) is 11.1 Å². The lowest BCUT2D eigenvalue weighted by Crippen LogP contribution is -1.89. The minimum Gasteiger partial charge on any atom is -0.205 e. The molecule has 2 aromatic carbocycles. The van der Waals surface area contributed by atoms with Crippen LogP contribution in [0.3, 0.4) is 0 Å². The smallest absolute Gasteiger partial charge is 0.141 e. The van der Waals surface area contributed by atoms with Crippen molar-refractivity contribution in [3.05, 3.63) is 68.9 Å². The molecule has 0 bridgehead atoms. The standard InChI is InChI=1S/C13H9BrClF/c14-11-3-1-2-9(7-11)6-10-4-5-13(16)12(15)8-10/h1-5,7-8H,6H2. The van der Waals surface area contributed by atoms with Gasteiger partial charge < -0.3 is 0 Å². The Hall–Kier alpha value is -0.860. The summed E-state index contributed by atoms with van der Waals surface area (Å²) >= 11 is 9.14. The van der Waals surface area contributed by atoms with Gasteiger partial charge >= 0.3 is 0 Å². The molecule has 0 amide bonds. The Bertz CT molecular complexity index is 511. The molecule has 82 valence electrons. The lowest BCUT2D eigenvalue weighted by molar-refractivity contribution is 0.627. The number of benzene rings is 2. The fourth-order valence-corrected chi connectivity index (χ4v) is 2.18. The zero-order chi connectivity index (χ0) is 11.5. The third-order valence-electron chi connectivity index (χ3n) is 2.28. The third-order valence-corrected chi connectivity index (χ3v) is 3.06. The molecule has 0 fully saturated rings. The van der Waals surface area contributed by atoms with Crippen LogP contribution in [0.4, 0.5) is 4.39 Å². The molecule has 3 heteroatoms. The van der Waals surface area contributed by atoms with E-state index < -0.39 is 0 Å². The molecule has 0 unspecified atom stereocenters. The molecular weight excluding hydrogens is 290 g/mol. The lowest BCUT2D eigenvalue weighted by Gasteiger charge is -2.03. The number of rotatable bonds is 2. The van der Waals surface area contributed by atoms with E-state index in [1.165, 1.54) is 6.07 Å². The molecular formula is C13H9BrClF. The third kappa shape index (κ3) is 2.83. The van der Waals surface area contributed by atoms with E-state index in [2.05, 4.69) is 15.9 Å². The van der Waals surface area contributed by atoms with Gasteiger partial charge in [0.15, 0.2) is 0 Å². The van der Waals surface area contributed by atoms with Gasteiger partial charge in [-0.2, -0.15) is 0 Å². The van der Waals surface area contributed by atoms with Gasteiger partial charge in [-0.05, 0) is 41.8 Å². The molecule has 0 saturated heterocycles. The van der Waals surface area contributed by atoms with Crippen LogP contribution in [-0.4, -0.2) is 0 Å². The Kier molecular flexibility index (Phi) is 3.62. The summed E-state index contributed by atoms with van der Waals surface area (Å²) in [6, 6.07) is 12.8. The first-order chi connectivity index (χ1) is 7.65. The number of hydrogen-bond donors (Lipinski definition) is 0. The minimum atomic E-state index is -0.375. The Morgan fingerprint density at radius 1 is 1.06 bits per heavy atom. The van der Waals surface area contributed by atoms with E-state index in [1.54, 1.807) is 12.1 Å². The van der Waals surface area contributed by atoms with E-state index in [0.717, 1.165) is 22.0 Å². The first-order valence-electron chi connectivity index (χ1n) is 4.83. The Morgan fingerprint density at radius 3 is 2.50 bits per heavy atom. The van der Waals surface area contributed by atoms with Gasteiger partial charge in [0.2, 0.25) is 0 Å². The van der Waals surface area contributed by atoms with Crippen molar-refractivity contribution in [3.8, 4) is 0 Å². The molecule has 2 aromatic rings. The fraction of sp³-hybridized carbons (Fsp3) is 0.0769. The SMILES string of the molecule is Fc1ccc(Cc2cccc(Br)c2)cc1Cl. The van der Waals surface area contributed by atoms with Gasteiger partial charge in [-0.25, -0.2) is 4.39 Å². The second-order valence-corrected chi connectivity index (χ2v) is 4.88. The van der Waals surface area contributed by atoms with Crippen LogP contribution in [0.15, 0.2) is 46.9 Å². The van der Waals surface area contributed by atoms with E-state index in [9.17, 15) is 4.39 Å². The van der Waals surface area contributed by atoms with Crippen LogP contribution >= 0.6 is 27.5 Å². The summed E-state index contributed by atoms with van der Waals surface area (Å²) in [6.45, 7) is 0. The van der Waals surface area contributed by atoms with Gasteiger partial charge in [0.05, 0.1) is 5.02 Å². The topological polar surface area (TPSA) is 0 Å². The highest BCUT2D eigenvalue weighted by Gasteiger charge is 2.02. The summed E-state index contributed by atoms with van der Waals surface area (Å²) in [5, 5.41) is 0.174. The largest absolute Gasteiger partial charge is 0.205 e. The normalized spacial score (nSPS) is 10.4. The second-order valence-electron chi connectivity index (χ2n) is 3.56. The van der Waals surface area contributed by atoms with Crippen LogP contribution in [0, 0.1) is 5.82 Å². The Labute approximate surface area is 107 Å². The highest BCUT2D eigenvalue weighted by Crippen LogP contribution is 2.19. The van der Waals surface area contributed by atoms with Gasteiger partial charge in [-0.3, -0.25) is 0 Å². The van der Waals surface area contributed by atoms with Crippen molar-refractivity contribution in [3.63, 3.8) is 0 Å². The van der Waals surface area contributed by atoms with Gasteiger partial charge in [0.1, 0.15) is 5.82 Å². The van der Waals surface area contributed by atoms with Gasteiger partial charge in [0.25, 0.3) is 0 Å². The molecule has 0 aromatic heterocycles. The highest BCUT2D eigenvalue weighted by molar-refractivity contribution is 9.10. The first-order valence-corrected chi connectivity index (χ1v) is 6.00. The average Bonchev–Trinajstić information content (AvgIpc) is 2.24. The summed E-state index contributed by atoms with van der Waals surface area (Å²) in [6.07, 6.45) is 0.749. The van der Waals surface area contributed by atoms with Crippen LogP contribution in [0.5, 0.6) is 0 Å². The zero-order valence-corrected chi connectivity index (χ0v) is 10.7. The summed E-state index contributed by atoms with van der Waals surface area (Å²) < 4.78 is 14.0. The lowest BCUT2D eigenvalue weighted by atomic mass is 10.1. The number of halogens is 3. The molecule has 2 rings (SSSR count). The van der Waals surface area contributed by atoms with Crippen LogP contribution < -0.4 is 0 Å². The maximum absolute atomic E-state index is 13.0. The predicted molar refractivity (Wildman–Crippen MR) is 68.4 cm³/mol. The van der Waals surface area contributed by atoms with E-state index in [0.29, 0.717) is 0 Å². The molecule has 0 spiro atoms. The van der Waals surface area contributed by atoms with E-state index >= 15 is 0 Å². The summed E-state index contributed by atoms with van der Waals surface area (Å²) in [5.74, 6) is -0.375. The Balaban J connectivity index is 2.24. The highest BCUT2D eigenvalue weighted by atomic mass is 79.9. The predicted octanol–water partition coefficient (Wildman–Crippen LogP) is 4.83. The molecule has 0 aliphatic heterocycles. The maximum Gasteiger partial charge on any atom is 0.141 e. The van der Waals surface area contributed by atoms with Crippen LogP contribution in [-0.2, 0) is 6.42 Å². The van der Waals surface area contributed by atoms with Crippen molar-refractivity contribution in [2.75, 3.05) is 0 Å². The number of hydrogen-bond acceptors (Lipinski definition) is 0. The van der Waals surface area contributed by atoms with Gasteiger partial charge in [-0.1, -0.05) is 45.7 Å². The van der Waals surface area contributed by atoms with Crippen LogP contribution in [0.2, 0.25) is 5.02 Å². The molecule has 0 heterocycles. The minimum absolute atomic E-state index is 0.174. The molecule has 0 N–H and O–H groups in total. The average molecular weight is 300 g/mol. The van der Waals surface area contributed by atoms with Crippen molar-refractivity contribution in [2.24, 2.45) is 0 Å². The van der Waals surface area contributed by atoms with E-state index in [1.807, 2.05) is 24.3 Å². The first kappa shape index (κ1) is 11.6. The Morgan fingerprint density at radius 2 is 1.81 bits per heavy atom. The van der Waals surface area contributed by atoms with Gasteiger partial charge in [-0.15, -0.1) is 0 Å². The zero-order valence-electron chi connectivity index (χ0n) is 8.38. The summed E-state index contributed by atoms with van der Waals surface area (Å²) in [4.78, 5) is 0. The molecule has 0 saturated carbocycles. The maximum atomic E-state index is 13.0. The van der Waals surface area contributed by atoms with Crippen molar-refractivity contribution < 1.29 is 4.39 Å². The van der Waals surface area contributed by atoms with E-state index in [-0.39, 0.29) is 10.8 Å². The molecule has 0 aliphatic carbocycles. The second kappa shape index (κ2) is 4.98. The molecule has 0 atom stereocenters.